The van der Waals surface area contributed by atoms with E-state index in [-0.39, 0.29) is 17.3 Å². The van der Waals surface area contributed by atoms with Crippen LogP contribution in [0.1, 0.15) is 46.2 Å². The third kappa shape index (κ3) is 4.48. The van der Waals surface area contributed by atoms with Crippen LogP contribution in [0.15, 0.2) is 21.0 Å². The van der Waals surface area contributed by atoms with Gasteiger partial charge < -0.3 is 4.74 Å². The largest absolute Gasteiger partial charge is 0.466 e. The summed E-state index contributed by atoms with van der Waals surface area (Å²) in [5.41, 5.74) is 1.80. The summed E-state index contributed by atoms with van der Waals surface area (Å²) in [6.45, 7) is 9.12. The first-order valence-corrected chi connectivity index (χ1v) is 12.5. The molecule has 0 spiro atoms. The van der Waals surface area contributed by atoms with E-state index in [1.54, 1.807) is 13.0 Å². The predicted molar refractivity (Wildman–Crippen MR) is 112 cm³/mol. The van der Waals surface area contributed by atoms with Gasteiger partial charge in [-0.05, 0) is 25.8 Å². The lowest BCUT2D eigenvalue weighted by atomic mass is 9.93. The van der Waals surface area contributed by atoms with Crippen molar-refractivity contribution in [3.8, 4) is 10.6 Å². The van der Waals surface area contributed by atoms with E-state index in [0.717, 1.165) is 16.3 Å². The maximum Gasteiger partial charge on any atom is 0.309 e. The minimum Gasteiger partial charge on any atom is -0.466 e. The van der Waals surface area contributed by atoms with Crippen LogP contribution in [-0.4, -0.2) is 43.4 Å². The van der Waals surface area contributed by atoms with Crippen molar-refractivity contribution in [2.75, 3.05) is 19.7 Å². The third-order valence-electron chi connectivity index (χ3n) is 4.76. The molecule has 1 fully saturated rings. The van der Waals surface area contributed by atoms with Gasteiger partial charge in [0.25, 0.3) is 10.0 Å². The number of sulfonamides is 1. The summed E-state index contributed by atoms with van der Waals surface area (Å²) in [5, 5.41) is 4.72. The zero-order valence-electron chi connectivity index (χ0n) is 16.6. The summed E-state index contributed by atoms with van der Waals surface area (Å²) in [6, 6.07) is 1.71. The first-order valence-electron chi connectivity index (χ1n) is 9.34. The molecule has 0 unspecified atom stereocenters. The summed E-state index contributed by atoms with van der Waals surface area (Å²) in [4.78, 5) is 16.5. The van der Waals surface area contributed by atoms with E-state index in [4.69, 9.17) is 4.74 Å². The minimum atomic E-state index is -3.56. The van der Waals surface area contributed by atoms with Crippen LogP contribution in [0.5, 0.6) is 0 Å². The number of hydrogen-bond acceptors (Lipinski definition) is 7. The first-order chi connectivity index (χ1) is 13.1. The lowest BCUT2D eigenvalue weighted by molar-refractivity contribution is -0.149. The molecule has 0 aliphatic carbocycles. The molecule has 0 saturated carbocycles. The van der Waals surface area contributed by atoms with Crippen molar-refractivity contribution in [1.29, 1.82) is 0 Å². The molecule has 0 atom stereocenters. The Morgan fingerprint density at radius 2 is 1.93 bits per heavy atom. The number of hydrogen-bond donors (Lipinski definition) is 0. The van der Waals surface area contributed by atoms with Crippen molar-refractivity contribution >= 4 is 38.7 Å². The summed E-state index contributed by atoms with van der Waals surface area (Å²) in [7, 11) is -3.56. The summed E-state index contributed by atoms with van der Waals surface area (Å²) in [5.74, 6) is -0.437. The number of carbonyl (C=O) groups excluding carboxylic acids is 1. The van der Waals surface area contributed by atoms with E-state index >= 15 is 0 Å². The lowest BCUT2D eigenvalue weighted by Gasteiger charge is -2.29. The highest BCUT2D eigenvalue weighted by molar-refractivity contribution is 7.91. The molecule has 0 aromatic carbocycles. The van der Waals surface area contributed by atoms with Gasteiger partial charge in [-0.15, -0.1) is 22.7 Å². The average molecular weight is 443 g/mol. The van der Waals surface area contributed by atoms with Gasteiger partial charge in [-0.2, -0.15) is 4.31 Å². The number of ether oxygens (including phenoxy) is 1. The number of aromatic nitrogens is 1. The molecule has 0 amide bonds. The maximum absolute atomic E-state index is 13.0. The number of rotatable bonds is 5. The summed E-state index contributed by atoms with van der Waals surface area (Å²) < 4.78 is 32.9. The van der Waals surface area contributed by atoms with Gasteiger partial charge >= 0.3 is 5.97 Å². The molecular formula is C19H26N2O4S3. The molecule has 2 aromatic rings. The van der Waals surface area contributed by atoms with Crippen molar-refractivity contribution < 1.29 is 17.9 Å². The fourth-order valence-corrected chi connectivity index (χ4v) is 6.93. The molecule has 28 heavy (non-hydrogen) atoms. The quantitative estimate of drug-likeness (QED) is 0.651. The van der Waals surface area contributed by atoms with Crippen molar-refractivity contribution in [3.63, 3.8) is 0 Å². The summed E-state index contributed by atoms with van der Waals surface area (Å²) >= 11 is 2.76. The highest BCUT2D eigenvalue weighted by atomic mass is 32.2. The molecule has 0 radical (unpaired) electrons. The topological polar surface area (TPSA) is 76.6 Å². The third-order valence-corrected chi connectivity index (χ3v) is 8.97. The smallest absolute Gasteiger partial charge is 0.309 e. The van der Waals surface area contributed by atoms with Crippen LogP contribution in [0.2, 0.25) is 0 Å². The van der Waals surface area contributed by atoms with Crippen LogP contribution in [-0.2, 0) is 25.0 Å². The zero-order valence-corrected chi connectivity index (χ0v) is 19.0. The predicted octanol–water partition coefficient (Wildman–Crippen LogP) is 4.13. The molecule has 154 valence electrons. The molecule has 0 bridgehead atoms. The molecule has 1 aliphatic rings. The van der Waals surface area contributed by atoms with Gasteiger partial charge in [-0.25, -0.2) is 13.4 Å². The van der Waals surface area contributed by atoms with Crippen LogP contribution in [0, 0.1) is 5.92 Å². The van der Waals surface area contributed by atoms with Crippen LogP contribution in [0.4, 0.5) is 0 Å². The lowest BCUT2D eigenvalue weighted by Crippen LogP contribution is -2.40. The Bertz CT molecular complexity index is 933. The number of thiophene rings is 1. The van der Waals surface area contributed by atoms with Crippen molar-refractivity contribution in [1.82, 2.24) is 9.29 Å². The fourth-order valence-electron chi connectivity index (χ4n) is 3.03. The van der Waals surface area contributed by atoms with Gasteiger partial charge in [-0.3, -0.25) is 4.79 Å². The average Bonchev–Trinajstić information content (AvgIpc) is 3.31. The van der Waals surface area contributed by atoms with E-state index in [1.165, 1.54) is 27.0 Å². The zero-order chi connectivity index (χ0) is 20.5. The van der Waals surface area contributed by atoms with Crippen molar-refractivity contribution in [2.45, 2.75) is 50.2 Å². The Morgan fingerprint density at radius 3 is 2.50 bits per heavy atom. The highest BCUT2D eigenvalue weighted by Crippen LogP contribution is 2.35. The Kier molecular flexibility index (Phi) is 6.29. The Hall–Kier alpha value is -1.29. The first kappa shape index (κ1) is 21.4. The van der Waals surface area contributed by atoms with Gasteiger partial charge in [-0.1, -0.05) is 20.8 Å². The van der Waals surface area contributed by atoms with E-state index in [0.29, 0.717) is 36.7 Å². The van der Waals surface area contributed by atoms with Crippen molar-refractivity contribution in [3.05, 3.63) is 22.5 Å². The molecule has 3 heterocycles. The monoisotopic (exact) mass is 442 g/mol. The minimum absolute atomic E-state index is 0.0387. The fraction of sp³-hybridized carbons (Fsp3) is 0.579. The molecule has 2 aromatic heterocycles. The van der Waals surface area contributed by atoms with Gasteiger partial charge in [0, 0.05) is 34.8 Å². The second kappa shape index (κ2) is 8.22. The van der Waals surface area contributed by atoms with Gasteiger partial charge in [0.15, 0.2) is 0 Å². The Morgan fingerprint density at radius 1 is 1.25 bits per heavy atom. The molecular weight excluding hydrogens is 416 g/mol. The van der Waals surface area contributed by atoms with Gasteiger partial charge in [0.2, 0.25) is 0 Å². The molecule has 1 aliphatic heterocycles. The standard InChI is InChI=1S/C19H26N2O4S3/c1-5-25-18(22)13-6-8-21(9-7-13)28(23,24)16-10-14(11-26-16)17-20-15(12-27-17)19(2,3)4/h10-13H,5-9H2,1-4H3. The Labute approximate surface area is 174 Å². The van der Waals surface area contributed by atoms with E-state index < -0.39 is 10.0 Å². The van der Waals surface area contributed by atoms with Gasteiger partial charge in [0.05, 0.1) is 18.2 Å². The Balaban J connectivity index is 1.72. The normalized spacial score (nSPS) is 17.0. The second-order valence-corrected chi connectivity index (χ2v) is 11.8. The van der Waals surface area contributed by atoms with Crippen LogP contribution < -0.4 is 0 Å². The SMILES string of the molecule is CCOC(=O)C1CCN(S(=O)(=O)c2cc(-c3nc(C(C)(C)C)cs3)cs2)CC1. The van der Waals surface area contributed by atoms with Crippen LogP contribution in [0.25, 0.3) is 10.6 Å². The number of carbonyl (C=O) groups is 1. The van der Waals surface area contributed by atoms with E-state index in [1.807, 2.05) is 10.8 Å². The second-order valence-electron chi connectivity index (χ2n) is 7.87. The van der Waals surface area contributed by atoms with Crippen LogP contribution >= 0.6 is 22.7 Å². The van der Waals surface area contributed by atoms with Crippen LogP contribution in [0.3, 0.4) is 0 Å². The van der Waals surface area contributed by atoms with E-state index in [2.05, 4.69) is 25.8 Å². The van der Waals surface area contributed by atoms with Gasteiger partial charge in [0.1, 0.15) is 9.22 Å². The van der Waals surface area contributed by atoms with Crippen molar-refractivity contribution in [2.24, 2.45) is 5.92 Å². The molecule has 6 nitrogen and oxygen atoms in total. The highest BCUT2D eigenvalue weighted by Gasteiger charge is 2.33. The number of esters is 1. The summed E-state index contributed by atoms with van der Waals surface area (Å²) in [6.07, 6.45) is 0.995. The molecule has 1 saturated heterocycles. The number of thiazole rings is 1. The maximum atomic E-state index is 13.0. The number of piperidine rings is 1. The molecule has 0 N–H and O–H groups in total. The molecule has 9 heteroatoms. The number of nitrogens with zero attached hydrogens (tertiary/aromatic N) is 2. The van der Waals surface area contributed by atoms with E-state index in [9.17, 15) is 13.2 Å². The molecule has 3 rings (SSSR count).